The van der Waals surface area contributed by atoms with E-state index in [-0.39, 0.29) is 19.6 Å². The van der Waals surface area contributed by atoms with Crippen LogP contribution in [-0.2, 0) is 16.1 Å². The Hall–Kier alpha value is -2.28. The average molecular weight is 283 g/mol. The summed E-state index contributed by atoms with van der Waals surface area (Å²) in [5.74, 6) is -1.04. The van der Waals surface area contributed by atoms with Crippen LogP contribution in [0.25, 0.3) is 0 Å². The van der Waals surface area contributed by atoms with Gasteiger partial charge in [-0.15, -0.1) is 0 Å². The van der Waals surface area contributed by atoms with E-state index in [0.29, 0.717) is 17.1 Å². The van der Waals surface area contributed by atoms with E-state index in [1.54, 1.807) is 18.2 Å². The van der Waals surface area contributed by atoms with Gasteiger partial charge >= 0.3 is 11.9 Å². The topological polar surface area (TPSA) is 96.3 Å². The zero-order valence-corrected chi connectivity index (χ0v) is 11.3. The Morgan fingerprint density at radius 2 is 1.70 bits per heavy atom. The van der Waals surface area contributed by atoms with Crippen LogP contribution in [-0.4, -0.2) is 54.4 Å². The number of nitrogens with zero attached hydrogens (tertiary/aromatic N) is 1. The van der Waals surface area contributed by atoms with E-state index in [1.165, 1.54) is 19.1 Å². The van der Waals surface area contributed by atoms with Gasteiger partial charge < -0.3 is 19.7 Å². The Balaban J connectivity index is 2.95. The zero-order valence-electron chi connectivity index (χ0n) is 11.3. The van der Waals surface area contributed by atoms with Gasteiger partial charge in [0, 0.05) is 12.1 Å². The summed E-state index contributed by atoms with van der Waals surface area (Å²) in [6.07, 6.45) is 0. The lowest BCUT2D eigenvalue weighted by molar-refractivity contribution is -0.142. The molecule has 110 valence electrons. The molecule has 0 aliphatic rings. The molecular weight excluding hydrogens is 266 g/mol. The summed E-state index contributed by atoms with van der Waals surface area (Å²) in [7, 11) is 3.00. The van der Waals surface area contributed by atoms with E-state index in [1.807, 2.05) is 0 Å². The number of carboxylic acid groups (broad SMARTS) is 2. The van der Waals surface area contributed by atoms with Crippen molar-refractivity contribution in [1.29, 1.82) is 0 Å². The smallest absolute Gasteiger partial charge is 0.317 e. The quantitative estimate of drug-likeness (QED) is 0.724. The molecule has 1 aromatic carbocycles. The Morgan fingerprint density at radius 3 is 2.15 bits per heavy atom. The van der Waals surface area contributed by atoms with Gasteiger partial charge in [0.05, 0.1) is 27.3 Å². The minimum absolute atomic E-state index is 0.138. The molecule has 0 aromatic heterocycles. The van der Waals surface area contributed by atoms with Gasteiger partial charge in [0.1, 0.15) is 11.5 Å². The van der Waals surface area contributed by atoms with Crippen molar-refractivity contribution in [3.8, 4) is 11.5 Å². The van der Waals surface area contributed by atoms with Crippen LogP contribution in [0.2, 0.25) is 0 Å². The highest BCUT2D eigenvalue weighted by atomic mass is 16.5. The van der Waals surface area contributed by atoms with Gasteiger partial charge in [0.25, 0.3) is 0 Å². The predicted octanol–water partition coefficient (Wildman–Crippen LogP) is 0.675. The second-order valence-corrected chi connectivity index (χ2v) is 4.11. The van der Waals surface area contributed by atoms with Crippen molar-refractivity contribution in [3.63, 3.8) is 0 Å². The van der Waals surface area contributed by atoms with Crippen molar-refractivity contribution in [1.82, 2.24) is 4.90 Å². The fourth-order valence-electron chi connectivity index (χ4n) is 1.80. The van der Waals surface area contributed by atoms with Crippen molar-refractivity contribution < 1.29 is 29.3 Å². The molecule has 0 aliphatic heterocycles. The SMILES string of the molecule is COc1ccc(OC)c(CN(CC(=O)O)CC(=O)O)c1. The van der Waals surface area contributed by atoms with E-state index in [0.717, 1.165) is 0 Å². The Kier molecular flexibility index (Phi) is 5.79. The van der Waals surface area contributed by atoms with Crippen molar-refractivity contribution in [3.05, 3.63) is 23.8 Å². The monoisotopic (exact) mass is 283 g/mol. The normalized spacial score (nSPS) is 10.3. The lowest BCUT2D eigenvalue weighted by atomic mass is 10.1. The summed E-state index contributed by atoms with van der Waals surface area (Å²) >= 11 is 0. The van der Waals surface area contributed by atoms with Crippen molar-refractivity contribution >= 4 is 11.9 Å². The number of benzene rings is 1. The second-order valence-electron chi connectivity index (χ2n) is 4.11. The maximum Gasteiger partial charge on any atom is 0.317 e. The second kappa shape index (κ2) is 7.34. The molecule has 0 bridgehead atoms. The summed E-state index contributed by atoms with van der Waals surface area (Å²) in [4.78, 5) is 22.8. The van der Waals surface area contributed by atoms with Crippen molar-refractivity contribution in [2.24, 2.45) is 0 Å². The highest BCUT2D eigenvalue weighted by Crippen LogP contribution is 2.25. The van der Waals surface area contributed by atoms with Gasteiger partial charge in [-0.2, -0.15) is 0 Å². The number of methoxy groups -OCH3 is 2. The first-order valence-electron chi connectivity index (χ1n) is 5.83. The fraction of sp³-hybridized carbons (Fsp3) is 0.385. The third-order valence-corrected chi connectivity index (χ3v) is 2.60. The van der Waals surface area contributed by atoms with Crippen LogP contribution in [0, 0.1) is 0 Å². The highest BCUT2D eigenvalue weighted by molar-refractivity contribution is 5.72. The summed E-state index contributed by atoms with van der Waals surface area (Å²) in [5.41, 5.74) is 0.661. The first kappa shape index (κ1) is 15.8. The summed E-state index contributed by atoms with van der Waals surface area (Å²) in [5, 5.41) is 17.6. The van der Waals surface area contributed by atoms with E-state index >= 15 is 0 Å². The molecule has 0 atom stereocenters. The molecule has 0 aliphatic carbocycles. The molecule has 0 unspecified atom stereocenters. The first-order valence-corrected chi connectivity index (χ1v) is 5.83. The lowest BCUT2D eigenvalue weighted by Crippen LogP contribution is -2.34. The molecule has 0 spiro atoms. The Morgan fingerprint density at radius 1 is 1.10 bits per heavy atom. The van der Waals surface area contributed by atoms with Crippen molar-refractivity contribution in [2.75, 3.05) is 27.3 Å². The molecule has 1 aromatic rings. The Labute approximate surface area is 116 Å². The van der Waals surface area contributed by atoms with Gasteiger partial charge in [-0.05, 0) is 18.2 Å². The van der Waals surface area contributed by atoms with Crippen LogP contribution < -0.4 is 9.47 Å². The largest absolute Gasteiger partial charge is 0.497 e. The molecule has 0 fully saturated rings. The molecule has 20 heavy (non-hydrogen) atoms. The third-order valence-electron chi connectivity index (χ3n) is 2.60. The Bertz CT molecular complexity index is 472. The van der Waals surface area contributed by atoms with Crippen LogP contribution in [0.1, 0.15) is 5.56 Å². The van der Waals surface area contributed by atoms with Gasteiger partial charge in [0.2, 0.25) is 0 Å². The number of hydrogen-bond donors (Lipinski definition) is 2. The molecule has 0 saturated heterocycles. The number of aliphatic carboxylic acids is 2. The molecule has 0 amide bonds. The molecule has 0 saturated carbocycles. The maximum absolute atomic E-state index is 10.8. The fourth-order valence-corrected chi connectivity index (χ4v) is 1.80. The van der Waals surface area contributed by atoms with E-state index in [2.05, 4.69) is 0 Å². The third kappa shape index (κ3) is 4.77. The van der Waals surface area contributed by atoms with Gasteiger partial charge in [-0.3, -0.25) is 14.5 Å². The average Bonchev–Trinajstić information content (AvgIpc) is 2.37. The van der Waals surface area contributed by atoms with Gasteiger partial charge in [0.15, 0.2) is 0 Å². The van der Waals surface area contributed by atoms with E-state index in [9.17, 15) is 9.59 Å². The van der Waals surface area contributed by atoms with Crippen LogP contribution in [0.15, 0.2) is 18.2 Å². The van der Waals surface area contributed by atoms with Crippen molar-refractivity contribution in [2.45, 2.75) is 6.54 Å². The van der Waals surface area contributed by atoms with Gasteiger partial charge in [-0.25, -0.2) is 0 Å². The standard InChI is InChI=1S/C13H17NO6/c1-19-10-3-4-11(20-2)9(5-10)6-14(7-12(15)16)8-13(17)18/h3-5H,6-8H2,1-2H3,(H,15,16)(H,17,18). The molecular formula is C13H17NO6. The van der Waals surface area contributed by atoms with Gasteiger partial charge in [-0.1, -0.05) is 0 Å². The van der Waals surface area contributed by atoms with Crippen LogP contribution in [0.4, 0.5) is 0 Å². The number of carboxylic acids is 2. The molecule has 1 rings (SSSR count). The zero-order chi connectivity index (χ0) is 15.1. The maximum atomic E-state index is 10.8. The summed E-state index contributed by atoms with van der Waals surface area (Å²) in [6.45, 7) is -0.599. The minimum atomic E-state index is -1.09. The number of carbonyl (C=O) groups is 2. The number of rotatable bonds is 8. The first-order chi connectivity index (χ1) is 9.46. The number of ether oxygens (including phenoxy) is 2. The predicted molar refractivity (Wildman–Crippen MR) is 70.1 cm³/mol. The lowest BCUT2D eigenvalue weighted by Gasteiger charge is -2.20. The molecule has 7 heteroatoms. The summed E-state index contributed by atoms with van der Waals surface area (Å²) < 4.78 is 10.3. The van der Waals surface area contributed by atoms with Crippen LogP contribution >= 0.6 is 0 Å². The van der Waals surface area contributed by atoms with E-state index < -0.39 is 11.9 Å². The van der Waals surface area contributed by atoms with Crippen LogP contribution in [0.3, 0.4) is 0 Å². The molecule has 7 nitrogen and oxygen atoms in total. The highest BCUT2D eigenvalue weighted by Gasteiger charge is 2.16. The molecule has 0 heterocycles. The number of hydrogen-bond acceptors (Lipinski definition) is 5. The molecule has 0 radical (unpaired) electrons. The summed E-state index contributed by atoms with van der Waals surface area (Å²) in [6, 6.07) is 5.09. The minimum Gasteiger partial charge on any atom is -0.497 e. The van der Waals surface area contributed by atoms with E-state index in [4.69, 9.17) is 19.7 Å². The van der Waals surface area contributed by atoms with Crippen LogP contribution in [0.5, 0.6) is 11.5 Å². The molecule has 2 N–H and O–H groups in total.